The van der Waals surface area contributed by atoms with Crippen LogP contribution in [0.15, 0.2) is 0 Å². The lowest BCUT2D eigenvalue weighted by Crippen LogP contribution is -2.40. The Labute approximate surface area is 121 Å². The van der Waals surface area contributed by atoms with Crippen LogP contribution >= 0.6 is 0 Å². The minimum atomic E-state index is -2.93. The predicted molar refractivity (Wildman–Crippen MR) is 77.9 cm³/mol. The summed E-state index contributed by atoms with van der Waals surface area (Å²) >= 11 is 0. The third-order valence-electron chi connectivity index (χ3n) is 4.21. The molecule has 1 unspecified atom stereocenters. The molecule has 0 amide bonds. The highest BCUT2D eigenvalue weighted by Crippen LogP contribution is 2.38. The van der Waals surface area contributed by atoms with Crippen LogP contribution in [0.4, 0.5) is 8.78 Å². The van der Waals surface area contributed by atoms with Crippen LogP contribution in [0.3, 0.4) is 0 Å². The van der Waals surface area contributed by atoms with Crippen molar-refractivity contribution in [2.24, 2.45) is 5.92 Å². The van der Waals surface area contributed by atoms with Gasteiger partial charge in [-0.25, -0.2) is 17.2 Å². The number of sulfone groups is 1. The van der Waals surface area contributed by atoms with Gasteiger partial charge in [-0.3, -0.25) is 0 Å². The fourth-order valence-corrected chi connectivity index (χ4v) is 3.79. The highest BCUT2D eigenvalue weighted by Gasteiger charge is 2.37. The lowest BCUT2D eigenvalue weighted by atomic mass is 9.80. The maximum Gasteiger partial charge on any atom is 0.248 e. The smallest absolute Gasteiger partial charge is 0.248 e. The lowest BCUT2D eigenvalue weighted by molar-refractivity contribution is -0.0498. The Hall–Kier alpha value is -0.230. The Morgan fingerprint density at radius 3 is 2.35 bits per heavy atom. The van der Waals surface area contributed by atoms with Crippen molar-refractivity contribution in [1.29, 1.82) is 0 Å². The van der Waals surface area contributed by atoms with E-state index in [0.717, 1.165) is 13.0 Å². The van der Waals surface area contributed by atoms with Gasteiger partial charge in [0.25, 0.3) is 0 Å². The fraction of sp³-hybridized carbons (Fsp3) is 1.00. The highest BCUT2D eigenvalue weighted by molar-refractivity contribution is 7.91. The van der Waals surface area contributed by atoms with Crippen molar-refractivity contribution in [3.05, 3.63) is 0 Å². The van der Waals surface area contributed by atoms with Crippen molar-refractivity contribution >= 4 is 9.84 Å². The summed E-state index contributed by atoms with van der Waals surface area (Å²) in [7, 11) is -2.93. The van der Waals surface area contributed by atoms with E-state index in [0.29, 0.717) is 19.3 Å². The van der Waals surface area contributed by atoms with Gasteiger partial charge in [-0.15, -0.1) is 0 Å². The van der Waals surface area contributed by atoms with Crippen LogP contribution in [0.5, 0.6) is 0 Å². The predicted octanol–water partition coefficient (Wildman–Crippen LogP) is 3.00. The molecule has 0 bridgehead atoms. The number of hydrogen-bond donors (Lipinski definition) is 1. The van der Waals surface area contributed by atoms with Crippen LogP contribution in [0.2, 0.25) is 0 Å². The molecular weight excluding hydrogens is 284 g/mol. The first kappa shape index (κ1) is 17.8. The van der Waals surface area contributed by atoms with E-state index in [1.165, 1.54) is 0 Å². The number of nitrogens with one attached hydrogen (secondary N) is 1. The van der Waals surface area contributed by atoms with Crippen LogP contribution in [-0.2, 0) is 9.84 Å². The molecule has 20 heavy (non-hydrogen) atoms. The molecule has 0 spiro atoms. The second-order valence-corrected chi connectivity index (χ2v) is 8.21. The highest BCUT2D eigenvalue weighted by atomic mass is 32.2. The van der Waals surface area contributed by atoms with Gasteiger partial charge in [-0.2, -0.15) is 0 Å². The zero-order chi connectivity index (χ0) is 15.2. The largest absolute Gasteiger partial charge is 0.314 e. The minimum absolute atomic E-state index is 0.0349. The van der Waals surface area contributed by atoms with Gasteiger partial charge in [0.2, 0.25) is 5.92 Å². The first-order chi connectivity index (χ1) is 9.29. The summed E-state index contributed by atoms with van der Waals surface area (Å²) < 4.78 is 49.3. The second-order valence-electron chi connectivity index (χ2n) is 5.74. The molecule has 1 N–H and O–H groups in total. The molecule has 1 saturated carbocycles. The summed E-state index contributed by atoms with van der Waals surface area (Å²) in [5.41, 5.74) is 0. The molecule has 1 atom stereocenters. The van der Waals surface area contributed by atoms with Crippen molar-refractivity contribution < 1.29 is 17.2 Å². The molecule has 0 radical (unpaired) electrons. The normalized spacial score (nSPS) is 21.8. The van der Waals surface area contributed by atoms with Crippen LogP contribution in [0.1, 0.15) is 52.4 Å². The zero-order valence-corrected chi connectivity index (χ0v) is 13.3. The van der Waals surface area contributed by atoms with E-state index < -0.39 is 15.8 Å². The molecule has 0 aromatic carbocycles. The molecule has 1 fully saturated rings. The molecule has 1 aliphatic rings. The van der Waals surface area contributed by atoms with Crippen molar-refractivity contribution in [1.82, 2.24) is 5.32 Å². The van der Waals surface area contributed by atoms with Crippen LogP contribution in [-0.4, -0.2) is 38.4 Å². The summed E-state index contributed by atoms with van der Waals surface area (Å²) in [4.78, 5) is 0. The monoisotopic (exact) mass is 311 g/mol. The van der Waals surface area contributed by atoms with E-state index >= 15 is 0 Å². The lowest BCUT2D eigenvalue weighted by Gasteiger charge is -2.34. The second kappa shape index (κ2) is 7.69. The Morgan fingerprint density at radius 2 is 1.85 bits per heavy atom. The van der Waals surface area contributed by atoms with Crippen LogP contribution in [0.25, 0.3) is 0 Å². The molecule has 1 aliphatic carbocycles. The maximum absolute atomic E-state index is 13.2. The van der Waals surface area contributed by atoms with Crippen LogP contribution in [0, 0.1) is 5.92 Å². The third-order valence-corrected chi connectivity index (χ3v) is 6.00. The Morgan fingerprint density at radius 1 is 1.25 bits per heavy atom. The van der Waals surface area contributed by atoms with E-state index in [4.69, 9.17) is 0 Å². The Bertz CT molecular complexity index is 375. The van der Waals surface area contributed by atoms with Gasteiger partial charge in [-0.05, 0) is 38.1 Å². The Balaban J connectivity index is 2.45. The summed E-state index contributed by atoms with van der Waals surface area (Å²) in [5, 5.41) is 3.34. The van der Waals surface area contributed by atoms with Gasteiger partial charge in [0.15, 0.2) is 0 Å². The van der Waals surface area contributed by atoms with Crippen LogP contribution < -0.4 is 5.32 Å². The molecular formula is C14H27F2NO2S. The van der Waals surface area contributed by atoms with Gasteiger partial charge in [-0.1, -0.05) is 13.8 Å². The van der Waals surface area contributed by atoms with E-state index in [-0.39, 0.29) is 36.3 Å². The van der Waals surface area contributed by atoms with Gasteiger partial charge in [0.05, 0.1) is 5.75 Å². The van der Waals surface area contributed by atoms with Gasteiger partial charge in [0, 0.05) is 24.6 Å². The average Bonchev–Trinajstić information content (AvgIpc) is 2.38. The molecule has 0 aliphatic heterocycles. The van der Waals surface area contributed by atoms with E-state index in [9.17, 15) is 17.2 Å². The van der Waals surface area contributed by atoms with Gasteiger partial charge < -0.3 is 5.32 Å². The van der Waals surface area contributed by atoms with E-state index in [1.807, 2.05) is 6.92 Å². The number of rotatable bonds is 8. The Kier molecular flexibility index (Phi) is 6.85. The van der Waals surface area contributed by atoms with Crippen molar-refractivity contribution in [2.75, 3.05) is 18.1 Å². The molecule has 120 valence electrons. The topological polar surface area (TPSA) is 46.2 Å². The number of alkyl halides is 2. The van der Waals surface area contributed by atoms with Gasteiger partial charge >= 0.3 is 0 Å². The fourth-order valence-electron chi connectivity index (χ4n) is 2.90. The maximum atomic E-state index is 13.2. The van der Waals surface area contributed by atoms with Gasteiger partial charge in [0.1, 0.15) is 9.84 Å². The number of halogens is 2. The molecule has 0 aromatic heterocycles. The van der Waals surface area contributed by atoms with E-state index in [1.54, 1.807) is 6.92 Å². The zero-order valence-electron chi connectivity index (χ0n) is 12.5. The van der Waals surface area contributed by atoms with Crippen molar-refractivity contribution in [3.63, 3.8) is 0 Å². The molecule has 0 heterocycles. The summed E-state index contributed by atoms with van der Waals surface area (Å²) in [6.45, 7) is 4.44. The molecule has 0 aromatic rings. The minimum Gasteiger partial charge on any atom is -0.314 e. The first-order valence-electron chi connectivity index (χ1n) is 7.61. The first-order valence-corrected chi connectivity index (χ1v) is 9.43. The SMILES string of the molecule is CCNC(CCCS(=O)(=O)CC)C1CCC(F)(F)CC1. The molecule has 3 nitrogen and oxygen atoms in total. The quantitative estimate of drug-likeness (QED) is 0.749. The standard InChI is InChI=1S/C14H27F2NO2S/c1-3-17-13(6-5-11-20(18,19)4-2)12-7-9-14(15,16)10-8-12/h12-13,17H,3-11H2,1-2H3. The molecule has 1 rings (SSSR count). The average molecular weight is 311 g/mol. The third kappa shape index (κ3) is 6.04. The van der Waals surface area contributed by atoms with Crippen molar-refractivity contribution in [3.8, 4) is 0 Å². The summed E-state index contributed by atoms with van der Waals surface area (Å²) in [6, 6.07) is 0.170. The molecule has 0 saturated heterocycles. The summed E-state index contributed by atoms with van der Waals surface area (Å²) in [5.74, 6) is -1.87. The number of hydrogen-bond acceptors (Lipinski definition) is 3. The van der Waals surface area contributed by atoms with E-state index in [2.05, 4.69) is 5.32 Å². The van der Waals surface area contributed by atoms with Crippen molar-refractivity contribution in [2.45, 2.75) is 64.3 Å². The summed E-state index contributed by atoms with van der Waals surface area (Å²) in [6.07, 6.45) is 2.36. The molecule has 6 heteroatoms.